The van der Waals surface area contributed by atoms with Gasteiger partial charge in [0.2, 0.25) is 10.0 Å². The third-order valence-electron chi connectivity index (χ3n) is 2.71. The van der Waals surface area contributed by atoms with Crippen molar-refractivity contribution in [1.82, 2.24) is 4.98 Å². The summed E-state index contributed by atoms with van der Waals surface area (Å²) < 4.78 is 23.7. The molecule has 5 nitrogen and oxygen atoms in total. The van der Waals surface area contributed by atoms with Crippen LogP contribution in [0.2, 0.25) is 0 Å². The maximum Gasteiger partial charge on any atom is 0.238 e. The summed E-state index contributed by atoms with van der Waals surface area (Å²) in [5.74, 6) is 0. The van der Waals surface area contributed by atoms with Crippen LogP contribution in [-0.2, 0) is 10.0 Å². The van der Waals surface area contributed by atoms with Crippen molar-refractivity contribution in [3.63, 3.8) is 0 Å². The van der Waals surface area contributed by atoms with Crippen molar-refractivity contribution in [2.45, 2.75) is 4.90 Å². The Morgan fingerprint density at radius 2 is 1.90 bits per heavy atom. The molecule has 0 bridgehead atoms. The quantitative estimate of drug-likeness (QED) is 0.779. The van der Waals surface area contributed by atoms with Crippen LogP contribution in [-0.4, -0.2) is 13.4 Å². The maximum absolute atomic E-state index is 11.3. The molecule has 102 valence electrons. The van der Waals surface area contributed by atoms with Gasteiger partial charge in [-0.25, -0.2) is 18.5 Å². The van der Waals surface area contributed by atoms with Gasteiger partial charge in [0.05, 0.1) is 15.1 Å². The second-order valence-corrected chi connectivity index (χ2v) is 6.78. The Labute approximate surface area is 120 Å². The van der Waals surface area contributed by atoms with E-state index < -0.39 is 10.0 Å². The number of sulfonamides is 1. The van der Waals surface area contributed by atoms with Crippen LogP contribution < -0.4 is 10.5 Å². The van der Waals surface area contributed by atoms with Crippen molar-refractivity contribution in [2.75, 3.05) is 5.32 Å². The van der Waals surface area contributed by atoms with Crippen molar-refractivity contribution < 1.29 is 8.42 Å². The number of nitrogens with zero attached hydrogens (tertiary/aromatic N) is 1. The Bertz CT molecular complexity index is 839. The van der Waals surface area contributed by atoms with E-state index in [9.17, 15) is 8.42 Å². The van der Waals surface area contributed by atoms with Gasteiger partial charge in [0.15, 0.2) is 5.13 Å². The largest absolute Gasteiger partial charge is 0.331 e. The Morgan fingerprint density at radius 1 is 1.10 bits per heavy atom. The fourth-order valence-electron chi connectivity index (χ4n) is 1.80. The van der Waals surface area contributed by atoms with E-state index in [0.717, 1.165) is 10.2 Å². The predicted molar refractivity (Wildman–Crippen MR) is 80.7 cm³/mol. The molecule has 7 heteroatoms. The Balaban J connectivity index is 1.95. The van der Waals surface area contributed by atoms with E-state index >= 15 is 0 Å². The second-order valence-electron chi connectivity index (χ2n) is 4.18. The molecule has 0 fully saturated rings. The lowest BCUT2D eigenvalue weighted by molar-refractivity contribution is 0.598. The number of anilines is 2. The van der Waals surface area contributed by atoms with Gasteiger partial charge in [-0.1, -0.05) is 29.5 Å². The highest BCUT2D eigenvalue weighted by molar-refractivity contribution is 7.89. The summed E-state index contributed by atoms with van der Waals surface area (Å²) in [7, 11) is -3.70. The molecule has 0 saturated heterocycles. The first-order chi connectivity index (χ1) is 9.52. The average molecular weight is 305 g/mol. The molecule has 3 rings (SSSR count). The van der Waals surface area contributed by atoms with Gasteiger partial charge in [0.1, 0.15) is 0 Å². The second kappa shape index (κ2) is 4.86. The molecule has 0 aliphatic carbocycles. The van der Waals surface area contributed by atoms with Crippen molar-refractivity contribution in [1.29, 1.82) is 0 Å². The number of thiazole rings is 1. The van der Waals surface area contributed by atoms with Crippen LogP contribution in [0, 0.1) is 0 Å². The molecule has 2 aromatic carbocycles. The number of para-hydroxylation sites is 1. The molecule has 0 aliphatic rings. The van der Waals surface area contributed by atoms with Crippen LogP contribution in [0.15, 0.2) is 53.4 Å². The molecular formula is C13H11N3O2S2. The minimum Gasteiger partial charge on any atom is -0.331 e. The van der Waals surface area contributed by atoms with E-state index in [-0.39, 0.29) is 4.90 Å². The van der Waals surface area contributed by atoms with Gasteiger partial charge in [-0.3, -0.25) is 0 Å². The molecule has 0 spiro atoms. The molecule has 0 amide bonds. The van der Waals surface area contributed by atoms with Crippen molar-refractivity contribution in [2.24, 2.45) is 5.14 Å². The number of nitrogens with two attached hydrogens (primary N) is 1. The summed E-state index contributed by atoms with van der Waals surface area (Å²) in [5.41, 5.74) is 1.54. The topological polar surface area (TPSA) is 85.1 Å². The molecule has 1 aromatic heterocycles. The van der Waals surface area contributed by atoms with E-state index in [1.54, 1.807) is 12.1 Å². The third-order valence-corrected chi connectivity index (χ3v) is 4.57. The minimum atomic E-state index is -3.70. The van der Waals surface area contributed by atoms with Crippen LogP contribution in [0.5, 0.6) is 0 Å². The lowest BCUT2D eigenvalue weighted by Gasteiger charge is -2.04. The van der Waals surface area contributed by atoms with Gasteiger partial charge in [0, 0.05) is 5.69 Å². The van der Waals surface area contributed by atoms with Gasteiger partial charge >= 0.3 is 0 Å². The molecular weight excluding hydrogens is 294 g/mol. The van der Waals surface area contributed by atoms with E-state index in [2.05, 4.69) is 10.3 Å². The highest BCUT2D eigenvalue weighted by atomic mass is 32.2. The van der Waals surface area contributed by atoms with Crippen LogP contribution in [0.4, 0.5) is 10.8 Å². The fraction of sp³-hybridized carbons (Fsp3) is 0. The Morgan fingerprint density at radius 3 is 2.65 bits per heavy atom. The van der Waals surface area contributed by atoms with Crippen molar-refractivity contribution in [3.05, 3.63) is 48.5 Å². The minimum absolute atomic E-state index is 0.0728. The molecule has 3 N–H and O–H groups in total. The van der Waals surface area contributed by atoms with Gasteiger partial charge in [-0.15, -0.1) is 0 Å². The van der Waals surface area contributed by atoms with E-state index in [0.29, 0.717) is 10.8 Å². The number of rotatable bonds is 3. The molecule has 3 aromatic rings. The lowest BCUT2D eigenvalue weighted by atomic mass is 10.3. The zero-order chi connectivity index (χ0) is 14.2. The van der Waals surface area contributed by atoms with Gasteiger partial charge in [-0.05, 0) is 30.3 Å². The number of primary sulfonamides is 1. The molecule has 20 heavy (non-hydrogen) atoms. The normalized spacial score (nSPS) is 11.7. The maximum atomic E-state index is 11.3. The highest BCUT2D eigenvalue weighted by Gasteiger charge is 2.09. The van der Waals surface area contributed by atoms with Gasteiger partial charge in [-0.2, -0.15) is 0 Å². The molecule has 1 heterocycles. The van der Waals surface area contributed by atoms with Gasteiger partial charge in [0.25, 0.3) is 0 Å². The summed E-state index contributed by atoms with van der Waals surface area (Å²) >= 11 is 1.50. The molecule has 0 aliphatic heterocycles. The summed E-state index contributed by atoms with van der Waals surface area (Å²) in [6.45, 7) is 0. The summed E-state index contributed by atoms with van der Waals surface area (Å²) in [6.07, 6.45) is 0. The number of fused-ring (bicyclic) bond motifs is 1. The van der Waals surface area contributed by atoms with Crippen molar-refractivity contribution in [3.8, 4) is 0 Å². The number of hydrogen-bond donors (Lipinski definition) is 2. The number of nitrogens with one attached hydrogen (secondary N) is 1. The van der Waals surface area contributed by atoms with Crippen LogP contribution in [0.3, 0.4) is 0 Å². The lowest BCUT2D eigenvalue weighted by Crippen LogP contribution is -2.12. The highest BCUT2D eigenvalue weighted by Crippen LogP contribution is 2.28. The zero-order valence-corrected chi connectivity index (χ0v) is 11.9. The Kier molecular flexibility index (Phi) is 3.17. The fourth-order valence-corrected chi connectivity index (χ4v) is 3.25. The van der Waals surface area contributed by atoms with E-state index in [1.807, 2.05) is 24.3 Å². The average Bonchev–Trinajstić information content (AvgIpc) is 2.80. The Hall–Kier alpha value is -1.96. The van der Waals surface area contributed by atoms with E-state index in [1.165, 1.54) is 23.5 Å². The van der Waals surface area contributed by atoms with Crippen LogP contribution >= 0.6 is 11.3 Å². The molecule has 0 unspecified atom stereocenters. The first-order valence-electron chi connectivity index (χ1n) is 5.78. The summed E-state index contributed by atoms with van der Waals surface area (Å²) in [6, 6.07) is 14.1. The summed E-state index contributed by atoms with van der Waals surface area (Å²) in [5, 5.41) is 8.91. The monoisotopic (exact) mass is 305 g/mol. The number of aromatic nitrogens is 1. The summed E-state index contributed by atoms with van der Waals surface area (Å²) in [4.78, 5) is 4.50. The molecule has 0 atom stereocenters. The zero-order valence-electron chi connectivity index (χ0n) is 10.3. The van der Waals surface area contributed by atoms with Gasteiger partial charge < -0.3 is 5.32 Å². The molecule has 0 saturated carbocycles. The van der Waals surface area contributed by atoms with Crippen LogP contribution in [0.1, 0.15) is 0 Å². The standard InChI is InChI=1S/C13H11N3O2S2/c14-20(17,18)10-5-3-4-9(8-10)15-13-16-11-6-1-2-7-12(11)19-13/h1-8H,(H,15,16)(H2,14,17,18). The predicted octanol–water partition coefficient (Wildman–Crippen LogP) is 2.69. The SMILES string of the molecule is NS(=O)(=O)c1cccc(Nc2nc3ccccc3s2)c1. The van der Waals surface area contributed by atoms with Crippen LogP contribution in [0.25, 0.3) is 10.2 Å². The van der Waals surface area contributed by atoms with Crippen molar-refractivity contribution >= 4 is 42.4 Å². The number of hydrogen-bond acceptors (Lipinski definition) is 5. The van der Waals surface area contributed by atoms with E-state index in [4.69, 9.17) is 5.14 Å². The number of benzene rings is 2. The third kappa shape index (κ3) is 2.64. The molecule has 0 radical (unpaired) electrons. The first-order valence-corrected chi connectivity index (χ1v) is 8.14. The first kappa shape index (κ1) is 13.0. The smallest absolute Gasteiger partial charge is 0.238 e.